The van der Waals surface area contributed by atoms with Gasteiger partial charge in [-0.25, -0.2) is 4.98 Å². The summed E-state index contributed by atoms with van der Waals surface area (Å²) in [4.78, 5) is 23.3. The van der Waals surface area contributed by atoms with Crippen LogP contribution in [0.5, 0.6) is 5.88 Å². The van der Waals surface area contributed by atoms with E-state index >= 15 is 0 Å². The first-order valence-corrected chi connectivity index (χ1v) is 8.91. The second kappa shape index (κ2) is 6.47. The molecule has 5 nitrogen and oxygen atoms in total. The van der Waals surface area contributed by atoms with Gasteiger partial charge in [0.2, 0.25) is 5.88 Å². The van der Waals surface area contributed by atoms with Crippen LogP contribution in [0, 0.1) is 18.3 Å². The lowest BCUT2D eigenvalue weighted by molar-refractivity contribution is 0.0744. The highest BCUT2D eigenvalue weighted by atomic mass is 16.5. The molecule has 3 heterocycles. The summed E-state index contributed by atoms with van der Waals surface area (Å²) in [5.41, 5.74) is 1.75. The summed E-state index contributed by atoms with van der Waals surface area (Å²) in [7, 11) is 0. The van der Waals surface area contributed by atoms with Crippen LogP contribution in [0.2, 0.25) is 0 Å². The quantitative estimate of drug-likeness (QED) is 0.860. The summed E-state index contributed by atoms with van der Waals surface area (Å²) in [6.07, 6.45) is 8.68. The van der Waals surface area contributed by atoms with E-state index in [0.717, 1.165) is 25.1 Å². The van der Waals surface area contributed by atoms with Gasteiger partial charge in [0.15, 0.2) is 0 Å². The van der Waals surface area contributed by atoms with Crippen molar-refractivity contribution in [3.8, 4) is 5.88 Å². The number of ether oxygens (including phenoxy) is 1. The smallest absolute Gasteiger partial charge is 0.255 e. The molecule has 0 unspecified atom stereocenters. The molecule has 1 amide bonds. The van der Waals surface area contributed by atoms with Gasteiger partial charge in [0, 0.05) is 43.2 Å². The Labute approximate surface area is 148 Å². The summed E-state index contributed by atoms with van der Waals surface area (Å²) < 4.78 is 5.99. The van der Waals surface area contributed by atoms with Gasteiger partial charge in [0.05, 0.1) is 12.2 Å². The van der Waals surface area contributed by atoms with Gasteiger partial charge in [0.1, 0.15) is 0 Å². The van der Waals surface area contributed by atoms with Crippen LogP contribution in [0.15, 0.2) is 42.9 Å². The van der Waals surface area contributed by atoms with Gasteiger partial charge in [-0.2, -0.15) is 0 Å². The van der Waals surface area contributed by atoms with Crippen LogP contribution in [0.1, 0.15) is 35.2 Å². The maximum absolute atomic E-state index is 12.9. The largest absolute Gasteiger partial charge is 0.477 e. The first kappa shape index (κ1) is 16.1. The van der Waals surface area contributed by atoms with Crippen molar-refractivity contribution < 1.29 is 9.53 Å². The first-order valence-electron chi connectivity index (χ1n) is 8.91. The van der Waals surface area contributed by atoms with Crippen LogP contribution < -0.4 is 4.74 Å². The Morgan fingerprint density at radius 2 is 2.32 bits per heavy atom. The summed E-state index contributed by atoms with van der Waals surface area (Å²) in [5.74, 6) is 1.26. The molecule has 5 heteroatoms. The summed E-state index contributed by atoms with van der Waals surface area (Å²) in [6, 6.07) is 7.62. The number of rotatable bonds is 4. The number of nitrogens with zero attached hydrogens (tertiary/aromatic N) is 3. The zero-order valence-electron chi connectivity index (χ0n) is 14.5. The number of hydrogen-bond donors (Lipinski definition) is 0. The fraction of sp³-hybridized carbons (Fsp3) is 0.450. The Morgan fingerprint density at radius 1 is 1.40 bits per heavy atom. The third-order valence-corrected chi connectivity index (χ3v) is 5.59. The molecule has 1 saturated heterocycles. The number of likely N-dealkylation sites (tertiary alicyclic amines) is 1. The van der Waals surface area contributed by atoms with Gasteiger partial charge >= 0.3 is 0 Å². The Morgan fingerprint density at radius 3 is 3.12 bits per heavy atom. The van der Waals surface area contributed by atoms with Gasteiger partial charge in [0.25, 0.3) is 5.91 Å². The van der Waals surface area contributed by atoms with Crippen LogP contribution in [0.4, 0.5) is 0 Å². The molecule has 2 fully saturated rings. The van der Waals surface area contributed by atoms with Crippen molar-refractivity contribution in [2.45, 2.75) is 26.2 Å². The van der Waals surface area contributed by atoms with E-state index in [9.17, 15) is 4.79 Å². The first-order chi connectivity index (χ1) is 12.2. The second-order valence-corrected chi connectivity index (χ2v) is 7.34. The molecule has 1 aliphatic heterocycles. The maximum Gasteiger partial charge on any atom is 0.255 e. The molecule has 0 spiro atoms. The van der Waals surface area contributed by atoms with E-state index in [0.29, 0.717) is 24.0 Å². The van der Waals surface area contributed by atoms with Crippen molar-refractivity contribution in [3.63, 3.8) is 0 Å². The molecule has 2 aromatic rings. The Hall–Kier alpha value is -2.43. The van der Waals surface area contributed by atoms with E-state index in [-0.39, 0.29) is 11.3 Å². The third-order valence-electron chi connectivity index (χ3n) is 5.59. The predicted molar refractivity (Wildman–Crippen MR) is 94.4 cm³/mol. The molecule has 25 heavy (non-hydrogen) atoms. The highest BCUT2D eigenvalue weighted by Crippen LogP contribution is 2.49. The molecule has 1 saturated carbocycles. The van der Waals surface area contributed by atoms with Crippen molar-refractivity contribution in [1.82, 2.24) is 14.9 Å². The standard InChI is InChI=1S/C20H23N3O2/c1-15-9-16(11-21-10-15)19(24)23-12-17-5-4-7-20(17,13-23)14-25-18-6-2-3-8-22-18/h2-3,6,8-11,17H,4-5,7,12-14H2,1H3/t17-,20+/m0/s1. The molecule has 2 aromatic heterocycles. The number of fused-ring (bicyclic) bond motifs is 1. The average Bonchev–Trinajstić information content (AvgIpc) is 3.17. The van der Waals surface area contributed by atoms with Crippen molar-refractivity contribution in [2.75, 3.05) is 19.7 Å². The van der Waals surface area contributed by atoms with Gasteiger partial charge in [-0.15, -0.1) is 0 Å². The summed E-state index contributed by atoms with van der Waals surface area (Å²) >= 11 is 0. The Balaban J connectivity index is 1.48. The molecular formula is C20H23N3O2. The highest BCUT2D eigenvalue weighted by molar-refractivity contribution is 5.94. The number of aromatic nitrogens is 2. The minimum absolute atomic E-state index is 0.0600. The van der Waals surface area contributed by atoms with Gasteiger partial charge < -0.3 is 9.64 Å². The van der Waals surface area contributed by atoms with Crippen molar-refractivity contribution in [1.29, 1.82) is 0 Å². The minimum atomic E-state index is 0.0600. The number of amides is 1. The van der Waals surface area contributed by atoms with E-state index in [2.05, 4.69) is 9.97 Å². The third kappa shape index (κ3) is 3.11. The van der Waals surface area contributed by atoms with Crippen molar-refractivity contribution in [3.05, 3.63) is 54.0 Å². The molecule has 130 valence electrons. The molecule has 0 N–H and O–H groups in total. The second-order valence-electron chi connectivity index (χ2n) is 7.34. The molecule has 0 radical (unpaired) electrons. The van der Waals surface area contributed by atoms with Crippen LogP contribution in [-0.2, 0) is 0 Å². The molecule has 2 aliphatic rings. The van der Waals surface area contributed by atoms with Gasteiger partial charge in [-0.1, -0.05) is 12.5 Å². The summed E-state index contributed by atoms with van der Waals surface area (Å²) in [5, 5.41) is 0. The molecule has 1 aliphatic carbocycles. The van der Waals surface area contributed by atoms with Crippen LogP contribution in [-0.4, -0.2) is 40.5 Å². The normalized spacial score (nSPS) is 25.0. The number of aryl methyl sites for hydroxylation is 1. The lowest BCUT2D eigenvalue weighted by Crippen LogP contribution is -2.35. The number of carbonyl (C=O) groups is 1. The van der Waals surface area contributed by atoms with Crippen LogP contribution >= 0.6 is 0 Å². The zero-order valence-corrected chi connectivity index (χ0v) is 14.5. The maximum atomic E-state index is 12.9. The molecule has 4 rings (SSSR count). The topological polar surface area (TPSA) is 55.3 Å². The van der Waals surface area contributed by atoms with E-state index in [1.54, 1.807) is 18.6 Å². The van der Waals surface area contributed by atoms with Crippen molar-refractivity contribution >= 4 is 5.91 Å². The SMILES string of the molecule is Cc1cncc(C(=O)N2C[C@@H]3CCC[C@]3(COc3ccccn3)C2)c1. The Bertz CT molecular complexity index is 765. The molecule has 2 atom stereocenters. The zero-order chi connectivity index (χ0) is 17.3. The molecule has 0 aromatic carbocycles. The number of pyridine rings is 2. The lowest BCUT2D eigenvalue weighted by atomic mass is 9.81. The fourth-order valence-corrected chi connectivity index (χ4v) is 4.31. The monoisotopic (exact) mass is 337 g/mol. The summed E-state index contributed by atoms with van der Waals surface area (Å²) in [6.45, 7) is 4.17. The van der Waals surface area contributed by atoms with E-state index in [1.807, 2.05) is 36.1 Å². The Kier molecular flexibility index (Phi) is 4.15. The minimum Gasteiger partial charge on any atom is -0.477 e. The highest BCUT2D eigenvalue weighted by Gasteiger charge is 2.51. The van der Waals surface area contributed by atoms with Crippen LogP contribution in [0.3, 0.4) is 0 Å². The van der Waals surface area contributed by atoms with Crippen LogP contribution in [0.25, 0.3) is 0 Å². The van der Waals surface area contributed by atoms with Crippen molar-refractivity contribution in [2.24, 2.45) is 11.3 Å². The average molecular weight is 337 g/mol. The number of carbonyl (C=O) groups excluding carboxylic acids is 1. The lowest BCUT2D eigenvalue weighted by Gasteiger charge is -2.28. The predicted octanol–water partition coefficient (Wildman–Crippen LogP) is 3.11. The van der Waals surface area contributed by atoms with Gasteiger partial charge in [-0.05, 0) is 43.4 Å². The van der Waals surface area contributed by atoms with Gasteiger partial charge in [-0.3, -0.25) is 9.78 Å². The molecule has 0 bridgehead atoms. The number of hydrogen-bond acceptors (Lipinski definition) is 4. The molecular weight excluding hydrogens is 314 g/mol. The van der Waals surface area contributed by atoms with E-state index in [4.69, 9.17) is 4.74 Å². The van der Waals surface area contributed by atoms with E-state index < -0.39 is 0 Å². The fourth-order valence-electron chi connectivity index (χ4n) is 4.31. The van der Waals surface area contributed by atoms with E-state index in [1.165, 1.54) is 12.8 Å².